The Balaban J connectivity index is 1.49. The molecule has 0 saturated heterocycles. The maximum atomic E-state index is 14.9. The molecule has 2 aromatic heterocycles. The van der Waals surface area contributed by atoms with Gasteiger partial charge in [0.05, 0.1) is 52.9 Å². The predicted molar refractivity (Wildman–Crippen MR) is 129 cm³/mol. The maximum Gasteiger partial charge on any atom is 0.254 e. The SMILES string of the molecule is CCOc1cncc(-c2ccc(C(=O)N[C@H](CC)c3cc(NS(=O)(=O)C4CC4)ccn3)c(F)c2)n1. The zero-order valence-corrected chi connectivity index (χ0v) is 20.2. The van der Waals surface area contributed by atoms with Gasteiger partial charge in [0.15, 0.2) is 0 Å². The molecule has 1 aliphatic rings. The number of hydrogen-bond acceptors (Lipinski definition) is 7. The van der Waals surface area contributed by atoms with Crippen molar-refractivity contribution in [1.29, 1.82) is 0 Å². The number of carbonyl (C=O) groups is 1. The minimum absolute atomic E-state index is 0.133. The molecule has 0 aliphatic heterocycles. The molecule has 1 atom stereocenters. The number of sulfonamides is 1. The van der Waals surface area contributed by atoms with Gasteiger partial charge in [-0.1, -0.05) is 13.0 Å². The van der Waals surface area contributed by atoms with E-state index in [1.807, 2.05) is 13.8 Å². The number of amides is 1. The molecule has 4 rings (SSSR count). The Labute approximate surface area is 203 Å². The molecule has 1 amide bonds. The summed E-state index contributed by atoms with van der Waals surface area (Å²) in [5, 5.41) is 2.42. The van der Waals surface area contributed by atoms with Gasteiger partial charge in [-0.15, -0.1) is 0 Å². The Kier molecular flexibility index (Phi) is 7.25. The largest absolute Gasteiger partial charge is 0.477 e. The summed E-state index contributed by atoms with van der Waals surface area (Å²) in [5.41, 5.74) is 1.59. The van der Waals surface area contributed by atoms with Crippen molar-refractivity contribution in [2.24, 2.45) is 0 Å². The van der Waals surface area contributed by atoms with E-state index in [1.54, 1.807) is 18.2 Å². The van der Waals surface area contributed by atoms with Crippen molar-refractivity contribution >= 4 is 21.6 Å². The number of rotatable bonds is 10. The standard InChI is InChI=1S/C24H26FN5O4S/c1-3-20(21-12-16(9-10-27-21)30-35(32,33)17-6-7-17)29-24(31)18-8-5-15(11-19(18)25)22-13-26-14-23(28-22)34-4-2/h5,8-14,17,20H,3-4,6-7H2,1-2H3,(H,27,30)(H,29,31)/t20-/m1/s1. The van der Waals surface area contributed by atoms with Gasteiger partial charge in [0.1, 0.15) is 5.82 Å². The van der Waals surface area contributed by atoms with Gasteiger partial charge in [0.25, 0.3) is 5.91 Å². The monoisotopic (exact) mass is 499 g/mol. The Hall–Kier alpha value is -3.60. The van der Waals surface area contributed by atoms with Gasteiger partial charge in [0, 0.05) is 11.8 Å². The molecular weight excluding hydrogens is 473 g/mol. The van der Waals surface area contributed by atoms with Crippen molar-refractivity contribution in [3.05, 3.63) is 66.0 Å². The molecule has 11 heteroatoms. The molecular formula is C24H26FN5O4S. The lowest BCUT2D eigenvalue weighted by Gasteiger charge is -2.18. The molecule has 1 saturated carbocycles. The molecule has 184 valence electrons. The zero-order valence-electron chi connectivity index (χ0n) is 19.4. The average Bonchev–Trinajstić information content (AvgIpc) is 3.69. The number of benzene rings is 1. The van der Waals surface area contributed by atoms with Gasteiger partial charge in [-0.2, -0.15) is 0 Å². The molecule has 2 N–H and O–H groups in total. The first-order valence-electron chi connectivity index (χ1n) is 11.3. The van der Waals surface area contributed by atoms with Crippen LogP contribution in [-0.4, -0.2) is 41.1 Å². The van der Waals surface area contributed by atoms with Crippen molar-refractivity contribution in [1.82, 2.24) is 20.3 Å². The lowest BCUT2D eigenvalue weighted by Crippen LogP contribution is -2.29. The van der Waals surface area contributed by atoms with Gasteiger partial charge in [-0.25, -0.2) is 17.8 Å². The minimum atomic E-state index is -3.43. The summed E-state index contributed by atoms with van der Waals surface area (Å²) in [6.07, 6.45) is 6.20. The first-order valence-corrected chi connectivity index (χ1v) is 12.9. The first kappa shape index (κ1) is 24.5. The topological polar surface area (TPSA) is 123 Å². The Morgan fingerprint density at radius 3 is 2.69 bits per heavy atom. The predicted octanol–water partition coefficient (Wildman–Crippen LogP) is 3.86. The van der Waals surface area contributed by atoms with Crippen LogP contribution in [0.15, 0.2) is 48.9 Å². The summed E-state index contributed by atoms with van der Waals surface area (Å²) in [5.74, 6) is -0.995. The van der Waals surface area contributed by atoms with E-state index in [1.165, 1.54) is 30.7 Å². The number of anilines is 1. The summed E-state index contributed by atoms with van der Waals surface area (Å²) in [6.45, 7) is 4.09. The average molecular weight is 500 g/mol. The fourth-order valence-electron chi connectivity index (χ4n) is 3.51. The number of pyridine rings is 1. The van der Waals surface area contributed by atoms with E-state index in [-0.39, 0.29) is 10.8 Å². The second kappa shape index (κ2) is 10.3. The zero-order chi connectivity index (χ0) is 25.0. The highest BCUT2D eigenvalue weighted by molar-refractivity contribution is 7.93. The number of carbonyl (C=O) groups excluding carboxylic acids is 1. The van der Waals surface area contributed by atoms with Crippen LogP contribution < -0.4 is 14.8 Å². The second-order valence-corrected chi connectivity index (χ2v) is 10.1. The molecule has 1 aromatic carbocycles. The number of hydrogen-bond donors (Lipinski definition) is 2. The van der Waals surface area contributed by atoms with Gasteiger partial charge in [-0.3, -0.25) is 19.5 Å². The lowest BCUT2D eigenvalue weighted by atomic mass is 10.1. The summed E-state index contributed by atoms with van der Waals surface area (Å²) in [4.78, 5) is 25.5. The summed E-state index contributed by atoms with van der Waals surface area (Å²) in [7, 11) is -3.43. The van der Waals surface area contributed by atoms with Crippen molar-refractivity contribution in [2.45, 2.75) is 44.4 Å². The third-order valence-corrected chi connectivity index (χ3v) is 7.36. The van der Waals surface area contributed by atoms with Crippen LogP contribution >= 0.6 is 0 Å². The van der Waals surface area contributed by atoms with E-state index in [0.717, 1.165) is 0 Å². The van der Waals surface area contributed by atoms with Gasteiger partial charge >= 0.3 is 0 Å². The summed E-state index contributed by atoms with van der Waals surface area (Å²) < 4.78 is 47.3. The number of nitrogens with zero attached hydrogens (tertiary/aromatic N) is 3. The first-order chi connectivity index (χ1) is 16.8. The smallest absolute Gasteiger partial charge is 0.254 e. The third-order valence-electron chi connectivity index (χ3n) is 5.49. The fourth-order valence-corrected chi connectivity index (χ4v) is 4.89. The van der Waals surface area contributed by atoms with E-state index in [9.17, 15) is 17.6 Å². The van der Waals surface area contributed by atoms with Gasteiger partial charge in [0.2, 0.25) is 15.9 Å². The highest BCUT2D eigenvalue weighted by Crippen LogP contribution is 2.30. The van der Waals surface area contributed by atoms with Gasteiger partial charge < -0.3 is 10.1 Å². The maximum absolute atomic E-state index is 14.9. The molecule has 9 nitrogen and oxygen atoms in total. The minimum Gasteiger partial charge on any atom is -0.477 e. The number of halogens is 1. The number of aromatic nitrogens is 3. The van der Waals surface area contributed by atoms with Crippen molar-refractivity contribution in [2.75, 3.05) is 11.3 Å². The number of nitrogens with one attached hydrogen (secondary N) is 2. The molecule has 0 unspecified atom stereocenters. The number of ether oxygens (including phenoxy) is 1. The van der Waals surface area contributed by atoms with E-state index in [4.69, 9.17) is 4.74 Å². The molecule has 0 bridgehead atoms. The molecule has 0 spiro atoms. The van der Waals surface area contributed by atoms with Crippen LogP contribution in [0.1, 0.15) is 55.2 Å². The van der Waals surface area contributed by atoms with E-state index >= 15 is 0 Å². The van der Waals surface area contributed by atoms with Crippen LogP contribution in [0.5, 0.6) is 5.88 Å². The highest BCUT2D eigenvalue weighted by atomic mass is 32.2. The lowest BCUT2D eigenvalue weighted by molar-refractivity contribution is 0.0930. The Bertz CT molecular complexity index is 1330. The Morgan fingerprint density at radius 2 is 2.00 bits per heavy atom. The molecule has 1 aliphatic carbocycles. The van der Waals surface area contributed by atoms with Crippen LogP contribution in [0.2, 0.25) is 0 Å². The van der Waals surface area contributed by atoms with E-state index in [0.29, 0.717) is 54.4 Å². The Morgan fingerprint density at radius 1 is 1.20 bits per heavy atom. The summed E-state index contributed by atoms with van der Waals surface area (Å²) >= 11 is 0. The summed E-state index contributed by atoms with van der Waals surface area (Å²) in [6, 6.07) is 6.79. The van der Waals surface area contributed by atoms with Crippen LogP contribution in [0.25, 0.3) is 11.3 Å². The highest BCUT2D eigenvalue weighted by Gasteiger charge is 2.35. The van der Waals surface area contributed by atoms with Crippen molar-refractivity contribution in [3.63, 3.8) is 0 Å². The quantitative estimate of drug-likeness (QED) is 0.434. The van der Waals surface area contributed by atoms with Crippen molar-refractivity contribution < 1.29 is 22.3 Å². The van der Waals surface area contributed by atoms with Crippen molar-refractivity contribution in [3.8, 4) is 17.1 Å². The van der Waals surface area contributed by atoms with Gasteiger partial charge in [-0.05, 0) is 50.5 Å². The van der Waals surface area contributed by atoms with Crippen LogP contribution in [0.3, 0.4) is 0 Å². The third kappa shape index (κ3) is 5.91. The molecule has 2 heterocycles. The normalized spacial score (nSPS) is 14.3. The molecule has 1 fully saturated rings. The fraction of sp³-hybridized carbons (Fsp3) is 0.333. The molecule has 35 heavy (non-hydrogen) atoms. The molecule has 3 aromatic rings. The van der Waals surface area contributed by atoms with E-state index in [2.05, 4.69) is 25.0 Å². The van der Waals surface area contributed by atoms with E-state index < -0.39 is 27.8 Å². The second-order valence-electron chi connectivity index (χ2n) is 8.12. The molecule has 0 radical (unpaired) electrons. The van der Waals surface area contributed by atoms with Crippen LogP contribution in [0.4, 0.5) is 10.1 Å². The van der Waals surface area contributed by atoms with Crippen LogP contribution in [-0.2, 0) is 10.0 Å². The van der Waals surface area contributed by atoms with Crippen LogP contribution in [0, 0.1) is 5.82 Å².